The van der Waals surface area contributed by atoms with Crippen molar-refractivity contribution in [1.29, 1.82) is 0 Å². The SMILES string of the molecule is CSCCn1c(=NC(=O)c2cccc(C)c2)sc2cc(C)ccc21. The van der Waals surface area contributed by atoms with Crippen LogP contribution in [-0.4, -0.2) is 22.5 Å². The van der Waals surface area contributed by atoms with Crippen LogP contribution in [0.5, 0.6) is 0 Å². The third kappa shape index (κ3) is 3.62. The summed E-state index contributed by atoms with van der Waals surface area (Å²) in [7, 11) is 0. The van der Waals surface area contributed by atoms with Crippen LogP contribution in [0.2, 0.25) is 0 Å². The highest BCUT2D eigenvalue weighted by Gasteiger charge is 2.09. The number of carbonyl (C=O) groups excluding carboxylic acids is 1. The number of thiazole rings is 1. The summed E-state index contributed by atoms with van der Waals surface area (Å²) in [4.78, 5) is 17.8. The number of carbonyl (C=O) groups is 1. The van der Waals surface area contributed by atoms with Crippen molar-refractivity contribution in [2.24, 2.45) is 4.99 Å². The molecule has 5 heteroatoms. The molecule has 0 saturated heterocycles. The van der Waals surface area contributed by atoms with E-state index in [2.05, 4.69) is 40.9 Å². The predicted octanol–water partition coefficient (Wildman–Crippen LogP) is 4.42. The number of fused-ring (bicyclic) bond motifs is 1. The Kier molecular flexibility index (Phi) is 5.21. The van der Waals surface area contributed by atoms with Crippen LogP contribution in [0, 0.1) is 13.8 Å². The summed E-state index contributed by atoms with van der Waals surface area (Å²) in [6, 6.07) is 14.0. The lowest BCUT2D eigenvalue weighted by Crippen LogP contribution is -2.18. The molecule has 1 heterocycles. The minimum Gasteiger partial charge on any atom is -0.316 e. The number of aryl methyl sites for hydroxylation is 3. The van der Waals surface area contributed by atoms with Crippen molar-refractivity contribution in [3.63, 3.8) is 0 Å². The van der Waals surface area contributed by atoms with Crippen LogP contribution in [0.25, 0.3) is 10.2 Å². The molecule has 0 unspecified atom stereocenters. The molecule has 1 aromatic heterocycles. The Morgan fingerprint density at radius 3 is 2.71 bits per heavy atom. The molecule has 24 heavy (non-hydrogen) atoms. The smallest absolute Gasteiger partial charge is 0.279 e. The number of benzene rings is 2. The molecule has 0 aliphatic heterocycles. The molecule has 0 aliphatic carbocycles. The molecule has 0 radical (unpaired) electrons. The van der Waals surface area contributed by atoms with Gasteiger partial charge in [-0.25, -0.2) is 0 Å². The van der Waals surface area contributed by atoms with Crippen LogP contribution < -0.4 is 4.80 Å². The van der Waals surface area contributed by atoms with Gasteiger partial charge in [-0.05, 0) is 49.9 Å². The van der Waals surface area contributed by atoms with Crippen molar-refractivity contribution in [2.75, 3.05) is 12.0 Å². The maximum Gasteiger partial charge on any atom is 0.279 e. The minimum atomic E-state index is -0.181. The summed E-state index contributed by atoms with van der Waals surface area (Å²) >= 11 is 3.38. The van der Waals surface area contributed by atoms with Gasteiger partial charge >= 0.3 is 0 Å². The number of amides is 1. The second-order valence-electron chi connectivity index (χ2n) is 5.79. The first-order chi connectivity index (χ1) is 11.6. The summed E-state index contributed by atoms with van der Waals surface area (Å²) in [6.07, 6.45) is 2.09. The summed E-state index contributed by atoms with van der Waals surface area (Å²) in [5.74, 6) is 0.811. The van der Waals surface area contributed by atoms with Crippen molar-refractivity contribution in [2.45, 2.75) is 20.4 Å². The Morgan fingerprint density at radius 2 is 1.96 bits per heavy atom. The monoisotopic (exact) mass is 356 g/mol. The van der Waals surface area contributed by atoms with Crippen molar-refractivity contribution >= 4 is 39.2 Å². The molecule has 0 bridgehead atoms. The fourth-order valence-corrected chi connectivity index (χ4v) is 4.11. The van der Waals surface area contributed by atoms with E-state index < -0.39 is 0 Å². The second kappa shape index (κ2) is 7.36. The molecule has 0 N–H and O–H groups in total. The highest BCUT2D eigenvalue weighted by atomic mass is 32.2. The first kappa shape index (κ1) is 17.0. The minimum absolute atomic E-state index is 0.181. The van der Waals surface area contributed by atoms with Gasteiger partial charge in [-0.2, -0.15) is 16.8 Å². The number of thioether (sulfide) groups is 1. The van der Waals surface area contributed by atoms with Crippen molar-refractivity contribution < 1.29 is 4.79 Å². The number of hydrogen-bond donors (Lipinski definition) is 0. The third-order valence-corrected chi connectivity index (χ3v) is 5.45. The third-order valence-electron chi connectivity index (χ3n) is 3.82. The molecule has 0 fully saturated rings. The lowest BCUT2D eigenvalue weighted by molar-refractivity contribution is 0.0998. The first-order valence-electron chi connectivity index (χ1n) is 7.83. The van der Waals surface area contributed by atoms with E-state index in [0.29, 0.717) is 5.56 Å². The molecule has 124 valence electrons. The van der Waals surface area contributed by atoms with E-state index >= 15 is 0 Å². The Labute approximate surface area is 150 Å². The van der Waals surface area contributed by atoms with Gasteiger partial charge in [0.1, 0.15) is 0 Å². The number of nitrogens with zero attached hydrogens (tertiary/aromatic N) is 2. The van der Waals surface area contributed by atoms with Crippen LogP contribution in [0.1, 0.15) is 21.5 Å². The largest absolute Gasteiger partial charge is 0.316 e. The lowest BCUT2D eigenvalue weighted by atomic mass is 10.1. The van der Waals surface area contributed by atoms with Gasteiger partial charge in [0.25, 0.3) is 5.91 Å². The average Bonchev–Trinajstić information content (AvgIpc) is 2.89. The maximum absolute atomic E-state index is 12.6. The van der Waals surface area contributed by atoms with Gasteiger partial charge in [0.2, 0.25) is 0 Å². The molecule has 0 atom stereocenters. The molecular formula is C19H20N2OS2. The lowest BCUT2D eigenvalue weighted by Gasteiger charge is -2.04. The molecule has 3 nitrogen and oxygen atoms in total. The summed E-state index contributed by atoms with van der Waals surface area (Å²) in [6.45, 7) is 4.92. The molecular weight excluding hydrogens is 336 g/mol. The van der Waals surface area contributed by atoms with Crippen LogP contribution in [-0.2, 0) is 6.54 Å². The molecule has 1 amide bonds. The van der Waals surface area contributed by atoms with Gasteiger partial charge in [-0.3, -0.25) is 4.79 Å². The Balaban J connectivity index is 2.11. The predicted molar refractivity (Wildman–Crippen MR) is 104 cm³/mol. The number of hydrogen-bond acceptors (Lipinski definition) is 3. The Morgan fingerprint density at radius 1 is 1.17 bits per heavy atom. The van der Waals surface area contributed by atoms with E-state index in [-0.39, 0.29) is 5.91 Å². The quantitative estimate of drug-likeness (QED) is 0.693. The highest BCUT2D eigenvalue weighted by molar-refractivity contribution is 7.98. The van der Waals surface area contributed by atoms with Gasteiger partial charge in [-0.1, -0.05) is 35.1 Å². The van der Waals surface area contributed by atoms with Crippen LogP contribution in [0.4, 0.5) is 0 Å². The summed E-state index contributed by atoms with van der Waals surface area (Å²) in [5, 5.41) is 0. The summed E-state index contributed by atoms with van der Waals surface area (Å²) in [5.41, 5.74) is 4.08. The first-order valence-corrected chi connectivity index (χ1v) is 10.0. The van der Waals surface area contributed by atoms with Crippen molar-refractivity contribution in [1.82, 2.24) is 4.57 Å². The van der Waals surface area contributed by atoms with Gasteiger partial charge < -0.3 is 4.57 Å². The van der Waals surface area contributed by atoms with E-state index in [9.17, 15) is 4.79 Å². The van der Waals surface area contributed by atoms with E-state index in [0.717, 1.165) is 28.2 Å². The van der Waals surface area contributed by atoms with Gasteiger partial charge in [0.15, 0.2) is 4.80 Å². The number of rotatable bonds is 4. The van der Waals surface area contributed by atoms with E-state index in [1.807, 2.05) is 31.2 Å². The van der Waals surface area contributed by atoms with Gasteiger partial charge in [0, 0.05) is 17.9 Å². The average molecular weight is 357 g/mol. The maximum atomic E-state index is 12.6. The second-order valence-corrected chi connectivity index (χ2v) is 7.78. The van der Waals surface area contributed by atoms with Crippen LogP contribution in [0.3, 0.4) is 0 Å². The van der Waals surface area contributed by atoms with Gasteiger partial charge in [-0.15, -0.1) is 0 Å². The molecule has 2 aromatic carbocycles. The zero-order valence-electron chi connectivity index (χ0n) is 14.1. The standard InChI is InChI=1S/C19H20N2OS2/c1-13-5-4-6-15(11-13)18(22)20-19-21(9-10-23-3)16-8-7-14(2)12-17(16)24-19/h4-8,11-12H,9-10H2,1-3H3. The summed E-state index contributed by atoms with van der Waals surface area (Å²) < 4.78 is 3.33. The van der Waals surface area contributed by atoms with Gasteiger partial charge in [0.05, 0.1) is 10.2 Å². The molecule has 0 spiro atoms. The van der Waals surface area contributed by atoms with E-state index in [1.165, 1.54) is 10.3 Å². The molecule has 0 saturated carbocycles. The number of aromatic nitrogens is 1. The topological polar surface area (TPSA) is 34.4 Å². The zero-order valence-corrected chi connectivity index (χ0v) is 15.7. The highest BCUT2D eigenvalue weighted by Crippen LogP contribution is 2.19. The van der Waals surface area contributed by atoms with Crippen LogP contribution >= 0.6 is 23.1 Å². The van der Waals surface area contributed by atoms with Crippen molar-refractivity contribution in [3.05, 3.63) is 64.0 Å². The molecule has 0 aliphatic rings. The molecule has 3 aromatic rings. The normalized spacial score (nSPS) is 12.0. The molecule has 3 rings (SSSR count). The fourth-order valence-electron chi connectivity index (χ4n) is 2.59. The zero-order chi connectivity index (χ0) is 17.1. The van der Waals surface area contributed by atoms with E-state index in [1.54, 1.807) is 23.1 Å². The Hall–Kier alpha value is -1.85. The Bertz CT molecular complexity index is 953. The van der Waals surface area contributed by atoms with E-state index in [4.69, 9.17) is 0 Å². The van der Waals surface area contributed by atoms with Crippen LogP contribution in [0.15, 0.2) is 47.5 Å². The fraction of sp³-hybridized carbons (Fsp3) is 0.263. The van der Waals surface area contributed by atoms with Crippen molar-refractivity contribution in [3.8, 4) is 0 Å².